The summed E-state index contributed by atoms with van der Waals surface area (Å²) in [7, 11) is 0. The minimum atomic E-state index is -0.687. The summed E-state index contributed by atoms with van der Waals surface area (Å²) in [6, 6.07) is 3.37. The lowest BCUT2D eigenvalue weighted by Crippen LogP contribution is -2.40. The fourth-order valence-corrected chi connectivity index (χ4v) is 2.30. The molecular weight excluding hydrogens is 246 g/mol. The molecule has 19 heavy (non-hydrogen) atoms. The predicted octanol–water partition coefficient (Wildman–Crippen LogP) is 1.63. The molecule has 5 nitrogen and oxygen atoms in total. The maximum absolute atomic E-state index is 12.0. The van der Waals surface area contributed by atoms with Crippen molar-refractivity contribution in [3.05, 3.63) is 24.2 Å². The van der Waals surface area contributed by atoms with E-state index in [4.69, 9.17) is 9.15 Å². The first-order valence-electron chi connectivity index (χ1n) is 6.76. The molecule has 1 aromatic rings. The SMILES string of the molecule is CC(CC(O)c1ccco1)NC(=O)C1CCCOC1. The summed E-state index contributed by atoms with van der Waals surface area (Å²) in [5.41, 5.74) is 0. The van der Waals surface area contributed by atoms with E-state index in [2.05, 4.69) is 5.32 Å². The normalized spacial score (nSPS) is 22.7. The van der Waals surface area contributed by atoms with Gasteiger partial charge in [-0.05, 0) is 31.9 Å². The largest absolute Gasteiger partial charge is 0.467 e. The monoisotopic (exact) mass is 267 g/mol. The van der Waals surface area contributed by atoms with E-state index in [9.17, 15) is 9.90 Å². The fourth-order valence-electron chi connectivity index (χ4n) is 2.30. The van der Waals surface area contributed by atoms with Crippen molar-refractivity contribution in [2.45, 2.75) is 38.3 Å². The molecule has 2 heterocycles. The van der Waals surface area contributed by atoms with E-state index in [0.29, 0.717) is 18.8 Å². The Hall–Kier alpha value is -1.33. The summed E-state index contributed by atoms with van der Waals surface area (Å²) in [6.45, 7) is 3.13. The molecule has 1 aliphatic heterocycles. The molecule has 0 saturated carbocycles. The second-order valence-corrected chi connectivity index (χ2v) is 5.09. The number of hydrogen-bond acceptors (Lipinski definition) is 4. The van der Waals surface area contributed by atoms with Crippen molar-refractivity contribution >= 4 is 5.91 Å². The number of aliphatic hydroxyl groups is 1. The quantitative estimate of drug-likeness (QED) is 0.850. The molecule has 1 fully saturated rings. The highest BCUT2D eigenvalue weighted by atomic mass is 16.5. The number of carbonyl (C=O) groups excluding carboxylic acids is 1. The van der Waals surface area contributed by atoms with Gasteiger partial charge in [0.1, 0.15) is 11.9 Å². The number of amides is 1. The Morgan fingerprint density at radius 1 is 1.63 bits per heavy atom. The zero-order valence-electron chi connectivity index (χ0n) is 11.2. The van der Waals surface area contributed by atoms with Gasteiger partial charge in [-0.3, -0.25) is 4.79 Å². The van der Waals surface area contributed by atoms with Crippen LogP contribution in [0.1, 0.15) is 38.1 Å². The first kappa shape index (κ1) is 14.1. The van der Waals surface area contributed by atoms with E-state index in [1.54, 1.807) is 12.1 Å². The Morgan fingerprint density at radius 3 is 3.11 bits per heavy atom. The molecule has 0 aromatic carbocycles. The van der Waals surface area contributed by atoms with Gasteiger partial charge in [-0.1, -0.05) is 0 Å². The van der Waals surface area contributed by atoms with E-state index in [1.807, 2.05) is 6.92 Å². The van der Waals surface area contributed by atoms with Gasteiger partial charge in [0.05, 0.1) is 18.8 Å². The molecule has 1 aliphatic rings. The molecule has 2 rings (SSSR count). The summed E-state index contributed by atoms with van der Waals surface area (Å²) >= 11 is 0. The molecule has 0 radical (unpaired) electrons. The molecule has 2 N–H and O–H groups in total. The highest BCUT2D eigenvalue weighted by Gasteiger charge is 2.24. The van der Waals surface area contributed by atoms with Crippen molar-refractivity contribution < 1.29 is 19.1 Å². The lowest BCUT2D eigenvalue weighted by molar-refractivity contribution is -0.129. The van der Waals surface area contributed by atoms with Crippen LogP contribution in [0.15, 0.2) is 22.8 Å². The van der Waals surface area contributed by atoms with Crippen LogP contribution in [0.4, 0.5) is 0 Å². The Kier molecular flexibility index (Phi) is 4.99. The third kappa shape index (κ3) is 4.08. The molecular formula is C14H21NO4. The standard InChI is InChI=1S/C14H21NO4/c1-10(8-12(16)13-5-3-7-19-13)15-14(17)11-4-2-6-18-9-11/h3,5,7,10-12,16H,2,4,6,8-9H2,1H3,(H,15,17). The second-order valence-electron chi connectivity index (χ2n) is 5.09. The molecule has 106 valence electrons. The topological polar surface area (TPSA) is 71.7 Å². The zero-order valence-corrected chi connectivity index (χ0v) is 11.2. The smallest absolute Gasteiger partial charge is 0.225 e. The Balaban J connectivity index is 1.77. The van der Waals surface area contributed by atoms with E-state index in [-0.39, 0.29) is 17.9 Å². The van der Waals surface area contributed by atoms with E-state index < -0.39 is 6.10 Å². The van der Waals surface area contributed by atoms with Gasteiger partial charge in [-0.25, -0.2) is 0 Å². The van der Waals surface area contributed by atoms with Crippen molar-refractivity contribution in [2.24, 2.45) is 5.92 Å². The van der Waals surface area contributed by atoms with Crippen LogP contribution in [0.25, 0.3) is 0 Å². The van der Waals surface area contributed by atoms with Crippen LogP contribution < -0.4 is 5.32 Å². The molecule has 1 saturated heterocycles. The predicted molar refractivity (Wildman–Crippen MR) is 69.4 cm³/mol. The van der Waals surface area contributed by atoms with Gasteiger partial charge in [-0.15, -0.1) is 0 Å². The summed E-state index contributed by atoms with van der Waals surface area (Å²) in [5, 5.41) is 12.9. The Labute approximate surface area is 112 Å². The third-order valence-corrected chi connectivity index (χ3v) is 3.37. The number of ether oxygens (including phenoxy) is 1. The van der Waals surface area contributed by atoms with Crippen LogP contribution in [0.2, 0.25) is 0 Å². The maximum atomic E-state index is 12.0. The summed E-state index contributed by atoms with van der Waals surface area (Å²) in [6.07, 6.45) is 3.09. The van der Waals surface area contributed by atoms with Crippen LogP contribution >= 0.6 is 0 Å². The van der Waals surface area contributed by atoms with E-state index in [0.717, 1.165) is 19.4 Å². The van der Waals surface area contributed by atoms with Crippen LogP contribution in [0.3, 0.4) is 0 Å². The van der Waals surface area contributed by atoms with Crippen molar-refractivity contribution in [1.29, 1.82) is 0 Å². The molecule has 0 aliphatic carbocycles. The van der Waals surface area contributed by atoms with Crippen molar-refractivity contribution in [1.82, 2.24) is 5.32 Å². The van der Waals surface area contributed by atoms with Crippen molar-refractivity contribution in [2.75, 3.05) is 13.2 Å². The number of furan rings is 1. The average Bonchev–Trinajstić information content (AvgIpc) is 2.93. The van der Waals surface area contributed by atoms with Gasteiger partial charge < -0.3 is 19.6 Å². The van der Waals surface area contributed by atoms with Crippen molar-refractivity contribution in [3.63, 3.8) is 0 Å². The van der Waals surface area contributed by atoms with Gasteiger partial charge in [0.15, 0.2) is 0 Å². The Bertz CT molecular complexity index is 384. The molecule has 3 unspecified atom stereocenters. The average molecular weight is 267 g/mol. The molecule has 0 spiro atoms. The van der Waals surface area contributed by atoms with Crippen LogP contribution in [-0.4, -0.2) is 30.3 Å². The number of nitrogens with one attached hydrogen (secondary N) is 1. The summed E-state index contributed by atoms with van der Waals surface area (Å²) < 4.78 is 10.4. The lowest BCUT2D eigenvalue weighted by atomic mass is 10.0. The first-order chi connectivity index (χ1) is 9.16. The van der Waals surface area contributed by atoms with Gasteiger partial charge in [0.2, 0.25) is 5.91 Å². The summed E-state index contributed by atoms with van der Waals surface area (Å²) in [4.78, 5) is 12.0. The molecule has 5 heteroatoms. The first-order valence-corrected chi connectivity index (χ1v) is 6.76. The van der Waals surface area contributed by atoms with Crippen molar-refractivity contribution in [3.8, 4) is 0 Å². The van der Waals surface area contributed by atoms with E-state index in [1.165, 1.54) is 6.26 Å². The van der Waals surface area contributed by atoms with Crippen LogP contribution in [0, 0.1) is 5.92 Å². The van der Waals surface area contributed by atoms with Gasteiger partial charge in [0.25, 0.3) is 0 Å². The molecule has 0 bridgehead atoms. The van der Waals surface area contributed by atoms with Gasteiger partial charge >= 0.3 is 0 Å². The minimum Gasteiger partial charge on any atom is -0.467 e. The van der Waals surface area contributed by atoms with Crippen LogP contribution in [-0.2, 0) is 9.53 Å². The molecule has 1 aromatic heterocycles. The second kappa shape index (κ2) is 6.73. The highest BCUT2D eigenvalue weighted by Crippen LogP contribution is 2.19. The number of rotatable bonds is 5. The molecule has 3 atom stereocenters. The third-order valence-electron chi connectivity index (χ3n) is 3.37. The number of hydrogen-bond donors (Lipinski definition) is 2. The highest BCUT2D eigenvalue weighted by molar-refractivity contribution is 5.79. The fraction of sp³-hybridized carbons (Fsp3) is 0.643. The minimum absolute atomic E-state index is 0.0128. The van der Waals surface area contributed by atoms with E-state index >= 15 is 0 Å². The van der Waals surface area contributed by atoms with Gasteiger partial charge in [0, 0.05) is 19.1 Å². The Morgan fingerprint density at radius 2 is 2.47 bits per heavy atom. The van der Waals surface area contributed by atoms with Crippen LogP contribution in [0.5, 0.6) is 0 Å². The maximum Gasteiger partial charge on any atom is 0.225 e. The van der Waals surface area contributed by atoms with Gasteiger partial charge in [-0.2, -0.15) is 0 Å². The molecule has 1 amide bonds. The lowest BCUT2D eigenvalue weighted by Gasteiger charge is -2.24. The number of carbonyl (C=O) groups is 1. The number of aliphatic hydroxyl groups excluding tert-OH is 1. The zero-order chi connectivity index (χ0) is 13.7. The summed E-state index contributed by atoms with van der Waals surface area (Å²) in [5.74, 6) is 0.484.